The van der Waals surface area contributed by atoms with Crippen molar-refractivity contribution in [3.8, 4) is 0 Å². The molecule has 1 saturated heterocycles. The van der Waals surface area contributed by atoms with Crippen molar-refractivity contribution in [2.45, 2.75) is 19.3 Å². The lowest BCUT2D eigenvalue weighted by Crippen LogP contribution is -2.48. The molecule has 1 heterocycles. The van der Waals surface area contributed by atoms with E-state index in [2.05, 4.69) is 16.8 Å². The van der Waals surface area contributed by atoms with Gasteiger partial charge >= 0.3 is 0 Å². The molecule has 4 unspecified atom stereocenters. The van der Waals surface area contributed by atoms with Crippen LogP contribution in [0.25, 0.3) is 0 Å². The number of nitrogens with zero attached hydrogens (tertiary/aromatic N) is 2. The van der Waals surface area contributed by atoms with Gasteiger partial charge in [-0.2, -0.15) is 0 Å². The Morgan fingerprint density at radius 2 is 1.59 bits per heavy atom. The van der Waals surface area contributed by atoms with Gasteiger partial charge in [0, 0.05) is 32.1 Å². The molecule has 0 N–H and O–H groups in total. The topological polar surface area (TPSA) is 23.6 Å². The van der Waals surface area contributed by atoms with E-state index in [-0.39, 0.29) is 0 Å². The number of likely N-dealkylation sites (N-methyl/N-ethyl adjacent to an activating group) is 1. The zero-order valence-electron chi connectivity index (χ0n) is 10.6. The van der Waals surface area contributed by atoms with Crippen LogP contribution >= 0.6 is 0 Å². The Balaban J connectivity index is 1.42. The van der Waals surface area contributed by atoms with E-state index in [1.54, 1.807) is 0 Å². The molecule has 3 saturated carbocycles. The molecule has 4 aliphatic rings. The summed E-state index contributed by atoms with van der Waals surface area (Å²) in [6.07, 6.45) is 4.28. The Kier molecular flexibility index (Phi) is 2.11. The molecule has 3 nitrogen and oxygen atoms in total. The fourth-order valence-corrected chi connectivity index (χ4v) is 4.89. The van der Waals surface area contributed by atoms with Crippen molar-refractivity contribution in [1.29, 1.82) is 0 Å². The van der Waals surface area contributed by atoms with E-state index in [0.717, 1.165) is 49.9 Å². The predicted molar refractivity (Wildman–Crippen MR) is 65.4 cm³/mol. The van der Waals surface area contributed by atoms with E-state index in [1.165, 1.54) is 19.3 Å². The number of piperazine rings is 1. The fraction of sp³-hybridized carbons (Fsp3) is 0.929. The zero-order valence-corrected chi connectivity index (χ0v) is 10.6. The Bertz CT molecular complexity index is 332. The normalized spacial score (nSPS) is 48.3. The van der Waals surface area contributed by atoms with Crippen molar-refractivity contribution in [2.75, 3.05) is 33.2 Å². The molecular formula is C14H22N2O. The Labute approximate surface area is 103 Å². The highest BCUT2D eigenvalue weighted by molar-refractivity contribution is 5.83. The van der Waals surface area contributed by atoms with Crippen LogP contribution in [-0.4, -0.2) is 48.9 Å². The first kappa shape index (κ1) is 10.4. The van der Waals surface area contributed by atoms with Crippen molar-refractivity contribution in [1.82, 2.24) is 9.80 Å². The number of fused-ring (bicyclic) bond motifs is 5. The van der Waals surface area contributed by atoms with E-state index in [4.69, 9.17) is 0 Å². The molecule has 17 heavy (non-hydrogen) atoms. The second-order valence-corrected chi connectivity index (χ2v) is 6.64. The first-order chi connectivity index (χ1) is 8.25. The molecular weight excluding hydrogens is 212 g/mol. The third kappa shape index (κ3) is 1.41. The summed E-state index contributed by atoms with van der Waals surface area (Å²) in [5, 5.41) is 0. The lowest BCUT2D eigenvalue weighted by Gasteiger charge is -2.33. The molecule has 0 aromatic carbocycles. The quantitative estimate of drug-likeness (QED) is 0.677. The molecule has 0 spiro atoms. The maximum atomic E-state index is 12.5. The minimum absolute atomic E-state index is 0.449. The van der Waals surface area contributed by atoms with Gasteiger partial charge in [-0.25, -0.2) is 0 Å². The smallest absolute Gasteiger partial charge is 0.226 e. The van der Waals surface area contributed by atoms with E-state index in [0.29, 0.717) is 11.8 Å². The Morgan fingerprint density at radius 1 is 1.00 bits per heavy atom. The van der Waals surface area contributed by atoms with Gasteiger partial charge in [0.25, 0.3) is 0 Å². The average Bonchev–Trinajstić information content (AvgIpc) is 2.77. The molecule has 0 radical (unpaired) electrons. The standard InChI is InChI=1S/C14H22N2O/c1-15-4-6-16(7-5-15)14(17)13-11-9-2-3-10(8-9)12(11)13/h9-13H,2-8H2,1H3. The van der Waals surface area contributed by atoms with Gasteiger partial charge < -0.3 is 9.80 Å². The highest BCUT2D eigenvalue weighted by Gasteiger charge is 2.67. The maximum Gasteiger partial charge on any atom is 0.226 e. The van der Waals surface area contributed by atoms with Crippen LogP contribution in [0.15, 0.2) is 0 Å². The third-order valence-electron chi connectivity index (χ3n) is 5.84. The van der Waals surface area contributed by atoms with Crippen LogP contribution in [0.3, 0.4) is 0 Å². The monoisotopic (exact) mass is 234 g/mol. The van der Waals surface area contributed by atoms with Crippen molar-refractivity contribution < 1.29 is 4.79 Å². The van der Waals surface area contributed by atoms with Crippen molar-refractivity contribution >= 4 is 5.91 Å². The van der Waals surface area contributed by atoms with Crippen LogP contribution < -0.4 is 0 Å². The summed E-state index contributed by atoms with van der Waals surface area (Å²) >= 11 is 0. The van der Waals surface area contributed by atoms with Gasteiger partial charge in [0.2, 0.25) is 5.91 Å². The molecule has 3 aliphatic carbocycles. The van der Waals surface area contributed by atoms with E-state index in [1.807, 2.05) is 0 Å². The highest BCUT2D eigenvalue weighted by atomic mass is 16.2. The fourth-order valence-electron chi connectivity index (χ4n) is 4.89. The highest BCUT2D eigenvalue weighted by Crippen LogP contribution is 2.69. The number of hydrogen-bond acceptors (Lipinski definition) is 2. The molecule has 4 rings (SSSR count). The number of hydrogen-bond donors (Lipinski definition) is 0. The molecule has 3 heteroatoms. The first-order valence-corrected chi connectivity index (χ1v) is 7.23. The number of carbonyl (C=O) groups is 1. The van der Waals surface area contributed by atoms with Crippen LogP contribution in [-0.2, 0) is 4.79 Å². The zero-order chi connectivity index (χ0) is 11.6. The lowest BCUT2D eigenvalue weighted by atomic mass is 10.0. The second-order valence-electron chi connectivity index (χ2n) is 6.64. The molecule has 2 bridgehead atoms. The molecule has 4 fully saturated rings. The van der Waals surface area contributed by atoms with Crippen LogP contribution in [0.2, 0.25) is 0 Å². The lowest BCUT2D eigenvalue weighted by molar-refractivity contribution is -0.135. The van der Waals surface area contributed by atoms with Crippen LogP contribution in [0.4, 0.5) is 0 Å². The summed E-state index contributed by atoms with van der Waals surface area (Å²) in [7, 11) is 2.15. The Morgan fingerprint density at radius 3 is 2.18 bits per heavy atom. The molecule has 94 valence electrons. The van der Waals surface area contributed by atoms with Gasteiger partial charge in [0.05, 0.1) is 0 Å². The third-order valence-corrected chi connectivity index (χ3v) is 5.84. The summed E-state index contributed by atoms with van der Waals surface area (Å²) in [4.78, 5) is 17.0. The van der Waals surface area contributed by atoms with Crippen molar-refractivity contribution in [3.05, 3.63) is 0 Å². The van der Waals surface area contributed by atoms with Crippen LogP contribution in [0.5, 0.6) is 0 Å². The average molecular weight is 234 g/mol. The number of rotatable bonds is 1. The summed E-state index contributed by atoms with van der Waals surface area (Å²) in [5.74, 6) is 4.41. The number of carbonyl (C=O) groups excluding carboxylic acids is 1. The van der Waals surface area contributed by atoms with Gasteiger partial charge in [-0.05, 0) is 50.0 Å². The summed E-state index contributed by atoms with van der Waals surface area (Å²) in [5.41, 5.74) is 0. The molecule has 0 aromatic rings. The largest absolute Gasteiger partial charge is 0.340 e. The first-order valence-electron chi connectivity index (χ1n) is 7.23. The summed E-state index contributed by atoms with van der Waals surface area (Å²) in [6, 6.07) is 0. The van der Waals surface area contributed by atoms with E-state index < -0.39 is 0 Å². The van der Waals surface area contributed by atoms with Crippen molar-refractivity contribution in [2.24, 2.45) is 29.6 Å². The summed E-state index contributed by atoms with van der Waals surface area (Å²) in [6.45, 7) is 4.03. The van der Waals surface area contributed by atoms with Gasteiger partial charge in [-0.1, -0.05) is 0 Å². The molecule has 1 amide bonds. The van der Waals surface area contributed by atoms with Gasteiger partial charge in [0.15, 0.2) is 0 Å². The second kappa shape index (κ2) is 3.47. The minimum Gasteiger partial charge on any atom is -0.340 e. The van der Waals surface area contributed by atoms with Crippen molar-refractivity contribution in [3.63, 3.8) is 0 Å². The Hall–Kier alpha value is -0.570. The molecule has 1 aliphatic heterocycles. The molecule has 0 aromatic heterocycles. The van der Waals surface area contributed by atoms with E-state index in [9.17, 15) is 4.79 Å². The predicted octanol–water partition coefficient (Wildman–Crippen LogP) is 1.05. The van der Waals surface area contributed by atoms with E-state index >= 15 is 0 Å². The maximum absolute atomic E-state index is 12.5. The molecule has 4 atom stereocenters. The minimum atomic E-state index is 0.449. The van der Waals surface area contributed by atoms with Crippen LogP contribution in [0, 0.1) is 29.6 Å². The summed E-state index contributed by atoms with van der Waals surface area (Å²) < 4.78 is 0. The van der Waals surface area contributed by atoms with Gasteiger partial charge in [-0.15, -0.1) is 0 Å². The van der Waals surface area contributed by atoms with Crippen LogP contribution in [0.1, 0.15) is 19.3 Å². The van der Waals surface area contributed by atoms with Gasteiger partial charge in [0.1, 0.15) is 0 Å². The number of amides is 1. The SMILES string of the molecule is CN1CCN(C(=O)C2C3C4CCC(C4)C23)CC1. The van der Waals surface area contributed by atoms with Gasteiger partial charge in [-0.3, -0.25) is 4.79 Å².